The van der Waals surface area contributed by atoms with Gasteiger partial charge in [-0.05, 0) is 26.7 Å². The molecule has 0 saturated carbocycles. The van der Waals surface area contributed by atoms with Gasteiger partial charge in [-0.15, -0.1) is 0 Å². The Kier molecular flexibility index (Phi) is 6.05. The number of ether oxygens (including phenoxy) is 1. The molecule has 0 aromatic carbocycles. The molecule has 1 N–H and O–H groups in total. The van der Waals surface area contributed by atoms with Gasteiger partial charge in [0.25, 0.3) is 0 Å². The molecule has 1 atom stereocenters. The highest BCUT2D eigenvalue weighted by molar-refractivity contribution is 5.81. The van der Waals surface area contributed by atoms with E-state index in [0.29, 0.717) is 13.2 Å². The number of rotatable bonds is 6. The van der Waals surface area contributed by atoms with Crippen LogP contribution >= 0.6 is 0 Å². The third kappa shape index (κ3) is 5.13. The third-order valence-electron chi connectivity index (χ3n) is 2.31. The zero-order valence-corrected chi connectivity index (χ0v) is 10.8. The Morgan fingerprint density at radius 2 is 2.06 bits per heavy atom. The fourth-order valence-electron chi connectivity index (χ4n) is 1.36. The first-order valence-electron chi connectivity index (χ1n) is 5.65. The number of hydrogen-bond donors (Lipinski definition) is 1. The Morgan fingerprint density at radius 1 is 1.50 bits per heavy atom. The Hall–Kier alpha value is -1.08. The van der Waals surface area contributed by atoms with Gasteiger partial charge >= 0.3 is 0 Å². The van der Waals surface area contributed by atoms with Crippen LogP contribution in [-0.4, -0.2) is 24.7 Å². The molecule has 1 amide bonds. The van der Waals surface area contributed by atoms with Crippen molar-refractivity contribution in [2.75, 3.05) is 13.2 Å². The molecule has 0 aliphatic rings. The van der Waals surface area contributed by atoms with Crippen LogP contribution in [0.15, 0.2) is 0 Å². The van der Waals surface area contributed by atoms with Crippen molar-refractivity contribution < 1.29 is 9.53 Å². The standard InChI is InChI=1S/C12H22N2O2/c1-6-16-12(4,5)8-14-11(15)10(7-13)9(2)3/h9-10H,6,8H2,1-5H3,(H,14,15). The summed E-state index contributed by atoms with van der Waals surface area (Å²) in [5.74, 6) is -0.775. The van der Waals surface area contributed by atoms with Crippen LogP contribution in [0.3, 0.4) is 0 Å². The Morgan fingerprint density at radius 3 is 2.44 bits per heavy atom. The van der Waals surface area contributed by atoms with Gasteiger partial charge in [-0.3, -0.25) is 4.79 Å². The van der Waals surface area contributed by atoms with Crippen molar-refractivity contribution in [3.8, 4) is 6.07 Å². The largest absolute Gasteiger partial charge is 0.374 e. The summed E-state index contributed by atoms with van der Waals surface area (Å²) < 4.78 is 5.46. The lowest BCUT2D eigenvalue weighted by Gasteiger charge is -2.25. The van der Waals surface area contributed by atoms with Crippen LogP contribution < -0.4 is 5.32 Å². The molecule has 92 valence electrons. The van der Waals surface area contributed by atoms with E-state index in [1.807, 2.05) is 40.7 Å². The normalized spacial score (nSPS) is 13.3. The molecule has 0 aromatic heterocycles. The van der Waals surface area contributed by atoms with Crippen molar-refractivity contribution in [2.24, 2.45) is 11.8 Å². The minimum Gasteiger partial charge on any atom is -0.374 e. The van der Waals surface area contributed by atoms with Crippen molar-refractivity contribution in [1.29, 1.82) is 5.26 Å². The molecular weight excluding hydrogens is 204 g/mol. The molecule has 4 nitrogen and oxygen atoms in total. The average molecular weight is 226 g/mol. The van der Waals surface area contributed by atoms with Gasteiger partial charge in [-0.25, -0.2) is 0 Å². The fourth-order valence-corrected chi connectivity index (χ4v) is 1.36. The lowest BCUT2D eigenvalue weighted by Crippen LogP contribution is -2.43. The first kappa shape index (κ1) is 14.9. The summed E-state index contributed by atoms with van der Waals surface area (Å²) in [6.07, 6.45) is 0. The summed E-state index contributed by atoms with van der Waals surface area (Å²) in [5.41, 5.74) is -0.388. The van der Waals surface area contributed by atoms with Crippen molar-refractivity contribution in [3.63, 3.8) is 0 Å². The first-order chi connectivity index (χ1) is 7.34. The second-order valence-corrected chi connectivity index (χ2v) is 4.76. The number of carbonyl (C=O) groups is 1. The van der Waals surface area contributed by atoms with E-state index in [4.69, 9.17) is 10.00 Å². The molecule has 0 saturated heterocycles. The van der Waals surface area contributed by atoms with Crippen LogP contribution in [0.2, 0.25) is 0 Å². The van der Waals surface area contributed by atoms with Crippen LogP contribution in [0.25, 0.3) is 0 Å². The first-order valence-corrected chi connectivity index (χ1v) is 5.65. The fraction of sp³-hybridized carbons (Fsp3) is 0.833. The van der Waals surface area contributed by atoms with E-state index in [1.165, 1.54) is 0 Å². The van der Waals surface area contributed by atoms with Gasteiger partial charge < -0.3 is 10.1 Å². The summed E-state index contributed by atoms with van der Waals surface area (Å²) >= 11 is 0. The van der Waals surface area contributed by atoms with E-state index >= 15 is 0 Å². The van der Waals surface area contributed by atoms with E-state index in [0.717, 1.165) is 0 Å². The minimum atomic E-state index is -0.586. The maximum Gasteiger partial charge on any atom is 0.237 e. The molecule has 0 bridgehead atoms. The van der Waals surface area contributed by atoms with Gasteiger partial charge in [0.15, 0.2) is 0 Å². The van der Waals surface area contributed by atoms with Gasteiger partial charge in [-0.1, -0.05) is 13.8 Å². The molecule has 16 heavy (non-hydrogen) atoms. The molecule has 0 spiro atoms. The van der Waals surface area contributed by atoms with Crippen LogP contribution in [0.4, 0.5) is 0 Å². The molecule has 0 radical (unpaired) electrons. The van der Waals surface area contributed by atoms with E-state index in [2.05, 4.69) is 5.32 Å². The summed E-state index contributed by atoms with van der Waals surface area (Å²) in [4.78, 5) is 11.7. The third-order valence-corrected chi connectivity index (χ3v) is 2.31. The molecule has 0 rings (SSSR count). The summed E-state index contributed by atoms with van der Waals surface area (Å²) in [6.45, 7) is 10.5. The number of nitrogens with zero attached hydrogens (tertiary/aromatic N) is 1. The van der Waals surface area contributed by atoms with Crippen LogP contribution in [0, 0.1) is 23.2 Å². The second kappa shape index (κ2) is 6.49. The molecule has 0 fully saturated rings. The lowest BCUT2D eigenvalue weighted by atomic mass is 9.96. The Balaban J connectivity index is 4.21. The summed E-state index contributed by atoms with van der Waals surface area (Å²) in [7, 11) is 0. The van der Waals surface area contributed by atoms with E-state index in [1.54, 1.807) is 0 Å². The Bertz CT molecular complexity index is 267. The number of nitrogens with one attached hydrogen (secondary N) is 1. The molecule has 1 unspecified atom stereocenters. The highest BCUT2D eigenvalue weighted by Crippen LogP contribution is 2.11. The number of carbonyl (C=O) groups excluding carboxylic acids is 1. The maximum atomic E-state index is 11.7. The van der Waals surface area contributed by atoms with Crippen molar-refractivity contribution in [1.82, 2.24) is 5.32 Å². The summed E-state index contributed by atoms with van der Waals surface area (Å²) in [6, 6.07) is 2.02. The molecule has 0 heterocycles. The lowest BCUT2D eigenvalue weighted by molar-refractivity contribution is -0.126. The second-order valence-electron chi connectivity index (χ2n) is 4.76. The zero-order valence-electron chi connectivity index (χ0n) is 10.8. The number of hydrogen-bond acceptors (Lipinski definition) is 3. The highest BCUT2D eigenvalue weighted by Gasteiger charge is 2.24. The smallest absolute Gasteiger partial charge is 0.237 e. The van der Waals surface area contributed by atoms with E-state index in [9.17, 15) is 4.79 Å². The molecule has 0 aromatic rings. The van der Waals surface area contributed by atoms with Crippen molar-refractivity contribution in [2.45, 2.75) is 40.2 Å². The topological polar surface area (TPSA) is 62.1 Å². The predicted molar refractivity (Wildman–Crippen MR) is 62.7 cm³/mol. The van der Waals surface area contributed by atoms with Crippen LogP contribution in [0.5, 0.6) is 0 Å². The minimum absolute atomic E-state index is 0.0280. The molecule has 0 aliphatic heterocycles. The predicted octanol–water partition coefficient (Wildman–Crippen LogP) is 1.71. The SMILES string of the molecule is CCOC(C)(C)CNC(=O)C(C#N)C(C)C. The molecular formula is C12H22N2O2. The van der Waals surface area contributed by atoms with Gasteiger partial charge in [-0.2, -0.15) is 5.26 Å². The Labute approximate surface area is 98.0 Å². The highest BCUT2D eigenvalue weighted by atomic mass is 16.5. The van der Waals surface area contributed by atoms with Gasteiger partial charge in [0.1, 0.15) is 5.92 Å². The van der Waals surface area contributed by atoms with Crippen molar-refractivity contribution >= 4 is 5.91 Å². The van der Waals surface area contributed by atoms with E-state index in [-0.39, 0.29) is 17.4 Å². The van der Waals surface area contributed by atoms with Gasteiger partial charge in [0, 0.05) is 13.2 Å². The van der Waals surface area contributed by atoms with Crippen LogP contribution in [-0.2, 0) is 9.53 Å². The van der Waals surface area contributed by atoms with Crippen LogP contribution in [0.1, 0.15) is 34.6 Å². The average Bonchev–Trinajstić information content (AvgIpc) is 2.15. The molecule has 0 aliphatic carbocycles. The van der Waals surface area contributed by atoms with Gasteiger partial charge in [0.05, 0.1) is 11.7 Å². The zero-order chi connectivity index (χ0) is 12.8. The quantitative estimate of drug-likeness (QED) is 0.750. The maximum absolute atomic E-state index is 11.7. The monoisotopic (exact) mass is 226 g/mol. The number of nitriles is 1. The van der Waals surface area contributed by atoms with Gasteiger partial charge in [0.2, 0.25) is 5.91 Å². The molecule has 4 heteroatoms. The van der Waals surface area contributed by atoms with E-state index < -0.39 is 5.92 Å². The van der Waals surface area contributed by atoms with Crippen molar-refractivity contribution in [3.05, 3.63) is 0 Å². The summed E-state index contributed by atoms with van der Waals surface area (Å²) in [5, 5.41) is 11.6. The number of amides is 1.